The fourth-order valence-electron chi connectivity index (χ4n) is 0.561. The molecule has 0 atom stereocenters. The van der Waals surface area contributed by atoms with E-state index < -0.39 is 0 Å². The van der Waals surface area contributed by atoms with Crippen LogP contribution >= 0.6 is 11.6 Å². The smallest absolute Gasteiger partial charge is 0.142 e. The Morgan fingerprint density at radius 1 is 1.45 bits per heavy atom. The lowest BCUT2D eigenvalue weighted by Crippen LogP contribution is -1.91. The average Bonchev–Trinajstić information content (AvgIpc) is 2.04. The van der Waals surface area contributed by atoms with Crippen molar-refractivity contribution < 1.29 is 0 Å². The Labute approximate surface area is 72.4 Å². The molecule has 0 aliphatic heterocycles. The van der Waals surface area contributed by atoms with Crippen molar-refractivity contribution in [3.05, 3.63) is 22.8 Å². The molecule has 0 spiro atoms. The highest BCUT2D eigenvalue weighted by Crippen LogP contribution is 2.18. The van der Waals surface area contributed by atoms with E-state index in [1.165, 1.54) is 0 Å². The van der Waals surface area contributed by atoms with Crippen molar-refractivity contribution in [3.8, 4) is 0 Å². The van der Waals surface area contributed by atoms with E-state index in [9.17, 15) is 0 Å². The standard InChI is InChI=1S/C6H7ClN2.C2H6/c1-4-2-3-9-6(8)5(4)7;1-2/h2-3H,1H3,(H2,8,9);1-2H3. The number of pyridine rings is 1. The van der Waals surface area contributed by atoms with E-state index in [4.69, 9.17) is 17.3 Å². The van der Waals surface area contributed by atoms with Crippen LogP contribution in [0.1, 0.15) is 19.4 Å². The minimum Gasteiger partial charge on any atom is -0.382 e. The van der Waals surface area contributed by atoms with E-state index >= 15 is 0 Å². The first-order chi connectivity index (χ1) is 5.22. The highest BCUT2D eigenvalue weighted by atomic mass is 35.5. The van der Waals surface area contributed by atoms with E-state index in [2.05, 4.69) is 4.98 Å². The first-order valence-electron chi connectivity index (χ1n) is 3.58. The molecule has 1 aromatic rings. The molecule has 0 aromatic carbocycles. The van der Waals surface area contributed by atoms with Gasteiger partial charge in [-0.05, 0) is 18.6 Å². The summed E-state index contributed by atoms with van der Waals surface area (Å²) in [6.45, 7) is 5.89. The molecule has 2 N–H and O–H groups in total. The largest absolute Gasteiger partial charge is 0.382 e. The summed E-state index contributed by atoms with van der Waals surface area (Å²) in [7, 11) is 0. The van der Waals surface area contributed by atoms with Crippen molar-refractivity contribution in [2.24, 2.45) is 0 Å². The lowest BCUT2D eigenvalue weighted by molar-refractivity contribution is 1.29. The fraction of sp³-hybridized carbons (Fsp3) is 0.375. The molecule has 0 saturated heterocycles. The van der Waals surface area contributed by atoms with Crippen molar-refractivity contribution >= 4 is 17.4 Å². The zero-order valence-electron chi connectivity index (χ0n) is 7.06. The zero-order chi connectivity index (χ0) is 8.85. The summed E-state index contributed by atoms with van der Waals surface area (Å²) in [5.41, 5.74) is 6.34. The quantitative estimate of drug-likeness (QED) is 0.654. The van der Waals surface area contributed by atoms with Crippen molar-refractivity contribution in [3.63, 3.8) is 0 Å². The van der Waals surface area contributed by atoms with Gasteiger partial charge in [0.2, 0.25) is 0 Å². The maximum atomic E-state index is 5.69. The first kappa shape index (κ1) is 10.2. The number of rotatable bonds is 0. The van der Waals surface area contributed by atoms with Gasteiger partial charge in [-0.3, -0.25) is 0 Å². The third-order valence-electron chi connectivity index (χ3n) is 1.11. The maximum Gasteiger partial charge on any atom is 0.142 e. The Morgan fingerprint density at radius 2 is 2.00 bits per heavy atom. The summed E-state index contributed by atoms with van der Waals surface area (Å²) >= 11 is 5.69. The lowest BCUT2D eigenvalue weighted by Gasteiger charge is -1.97. The van der Waals surface area contributed by atoms with Crippen LogP contribution in [0.25, 0.3) is 0 Å². The summed E-state index contributed by atoms with van der Waals surface area (Å²) < 4.78 is 0. The molecule has 1 rings (SSSR count). The van der Waals surface area contributed by atoms with Crippen molar-refractivity contribution in [1.29, 1.82) is 0 Å². The highest BCUT2D eigenvalue weighted by molar-refractivity contribution is 6.33. The molecule has 0 radical (unpaired) electrons. The molecule has 0 saturated carbocycles. The molecule has 0 aliphatic rings. The van der Waals surface area contributed by atoms with Gasteiger partial charge in [0, 0.05) is 6.20 Å². The molecular formula is C8H13ClN2. The minimum absolute atomic E-state index is 0.400. The first-order valence-corrected chi connectivity index (χ1v) is 3.96. The highest BCUT2D eigenvalue weighted by Gasteiger charge is 1.96. The second kappa shape index (κ2) is 4.97. The van der Waals surface area contributed by atoms with Gasteiger partial charge in [0.25, 0.3) is 0 Å². The Kier molecular flexibility index (Phi) is 4.62. The minimum atomic E-state index is 0.400. The van der Waals surface area contributed by atoms with Gasteiger partial charge in [-0.15, -0.1) is 0 Å². The van der Waals surface area contributed by atoms with Crippen LogP contribution in [-0.2, 0) is 0 Å². The van der Waals surface area contributed by atoms with Gasteiger partial charge in [0.1, 0.15) is 5.82 Å². The number of aromatic nitrogens is 1. The zero-order valence-corrected chi connectivity index (χ0v) is 7.81. The topological polar surface area (TPSA) is 38.9 Å². The van der Waals surface area contributed by atoms with Gasteiger partial charge >= 0.3 is 0 Å². The average molecular weight is 173 g/mol. The van der Waals surface area contributed by atoms with Crippen LogP contribution in [0.3, 0.4) is 0 Å². The molecule has 0 bridgehead atoms. The van der Waals surface area contributed by atoms with Crippen molar-refractivity contribution in [1.82, 2.24) is 4.98 Å². The molecule has 0 unspecified atom stereocenters. The third-order valence-corrected chi connectivity index (χ3v) is 1.60. The normalized spacial score (nSPS) is 8.36. The molecule has 0 aliphatic carbocycles. The number of aryl methyl sites for hydroxylation is 1. The van der Waals surface area contributed by atoms with E-state index in [0.29, 0.717) is 10.8 Å². The van der Waals surface area contributed by atoms with Gasteiger partial charge in [0.15, 0.2) is 0 Å². The van der Waals surface area contributed by atoms with Crippen LogP contribution in [0, 0.1) is 6.92 Å². The van der Waals surface area contributed by atoms with Crippen LogP contribution < -0.4 is 5.73 Å². The van der Waals surface area contributed by atoms with E-state index in [0.717, 1.165) is 5.56 Å². The van der Waals surface area contributed by atoms with E-state index in [-0.39, 0.29) is 0 Å². The molecule has 1 heterocycles. The number of nitrogens with zero attached hydrogens (tertiary/aromatic N) is 1. The number of halogens is 1. The van der Waals surface area contributed by atoms with E-state index in [1.807, 2.05) is 26.8 Å². The summed E-state index contributed by atoms with van der Waals surface area (Å²) in [4.78, 5) is 3.79. The second-order valence-corrected chi connectivity index (χ2v) is 2.21. The molecule has 0 amide bonds. The van der Waals surface area contributed by atoms with Gasteiger partial charge in [-0.25, -0.2) is 4.98 Å². The molecule has 0 fully saturated rings. The number of nitrogens with two attached hydrogens (primary N) is 1. The summed E-state index contributed by atoms with van der Waals surface area (Å²) in [6.07, 6.45) is 1.64. The van der Waals surface area contributed by atoms with Crippen LogP contribution in [-0.4, -0.2) is 4.98 Å². The Balaban J connectivity index is 0.000000461. The number of hydrogen-bond donors (Lipinski definition) is 1. The SMILES string of the molecule is CC.Cc1ccnc(N)c1Cl. The summed E-state index contributed by atoms with van der Waals surface area (Å²) in [6, 6.07) is 1.82. The number of nitrogen functional groups attached to an aromatic ring is 1. The second-order valence-electron chi connectivity index (χ2n) is 1.83. The Morgan fingerprint density at radius 3 is 2.36 bits per heavy atom. The number of hydrogen-bond acceptors (Lipinski definition) is 2. The van der Waals surface area contributed by atoms with Gasteiger partial charge < -0.3 is 5.73 Å². The fourth-order valence-corrected chi connectivity index (χ4v) is 0.673. The number of anilines is 1. The molecule has 3 heteroatoms. The third kappa shape index (κ3) is 2.76. The van der Waals surface area contributed by atoms with Gasteiger partial charge in [0.05, 0.1) is 5.02 Å². The van der Waals surface area contributed by atoms with Crippen LogP contribution in [0.4, 0.5) is 5.82 Å². The molecule has 62 valence electrons. The molecule has 1 aromatic heterocycles. The predicted octanol–water partition coefficient (Wildman–Crippen LogP) is 2.65. The molecular weight excluding hydrogens is 160 g/mol. The Bertz CT molecular complexity index is 203. The van der Waals surface area contributed by atoms with Gasteiger partial charge in [-0.2, -0.15) is 0 Å². The Hall–Kier alpha value is -0.760. The lowest BCUT2D eigenvalue weighted by atomic mass is 10.3. The van der Waals surface area contributed by atoms with Crippen molar-refractivity contribution in [2.75, 3.05) is 5.73 Å². The predicted molar refractivity (Wildman–Crippen MR) is 49.7 cm³/mol. The maximum absolute atomic E-state index is 5.69. The van der Waals surface area contributed by atoms with Crippen LogP contribution in [0.15, 0.2) is 12.3 Å². The summed E-state index contributed by atoms with van der Waals surface area (Å²) in [5, 5.41) is 0.553. The van der Waals surface area contributed by atoms with Crippen LogP contribution in [0.5, 0.6) is 0 Å². The van der Waals surface area contributed by atoms with E-state index in [1.54, 1.807) is 6.20 Å². The monoisotopic (exact) mass is 172 g/mol. The molecule has 11 heavy (non-hydrogen) atoms. The van der Waals surface area contributed by atoms with Crippen molar-refractivity contribution in [2.45, 2.75) is 20.8 Å². The molecule has 2 nitrogen and oxygen atoms in total. The van der Waals surface area contributed by atoms with Crippen LogP contribution in [0.2, 0.25) is 5.02 Å². The summed E-state index contributed by atoms with van der Waals surface area (Å²) in [5.74, 6) is 0.400. The van der Waals surface area contributed by atoms with Gasteiger partial charge in [-0.1, -0.05) is 25.4 Å².